The maximum Gasteiger partial charge on any atom is 0.342 e. The van der Waals surface area contributed by atoms with Gasteiger partial charge in [0.25, 0.3) is 0 Å². The molecule has 1 aliphatic carbocycles. The first-order valence-corrected chi connectivity index (χ1v) is 6.74. The summed E-state index contributed by atoms with van der Waals surface area (Å²) in [4.78, 5) is 14.5. The van der Waals surface area contributed by atoms with Gasteiger partial charge < -0.3 is 10.1 Å². The van der Waals surface area contributed by atoms with E-state index in [9.17, 15) is 10.1 Å². The van der Waals surface area contributed by atoms with Gasteiger partial charge >= 0.3 is 5.82 Å². The number of rotatable bonds is 4. The second kappa shape index (κ2) is 5.03. The molecule has 8 heteroatoms. The van der Waals surface area contributed by atoms with Gasteiger partial charge in [-0.15, -0.1) is 5.10 Å². The summed E-state index contributed by atoms with van der Waals surface area (Å²) in [6.07, 6.45) is 5.60. The molecule has 0 fully saturated rings. The molecule has 3 rings (SSSR count). The van der Waals surface area contributed by atoms with Crippen LogP contribution in [0.3, 0.4) is 0 Å². The minimum atomic E-state index is -0.406. The lowest BCUT2D eigenvalue weighted by Gasteiger charge is -2.11. The topological polar surface area (TPSA) is 91.7 Å². The Morgan fingerprint density at radius 3 is 2.95 bits per heavy atom. The minimum absolute atomic E-state index is 0.0245. The molecule has 0 radical (unpaired) electrons. The molecular formula is C12H16N6O2. The highest BCUT2D eigenvalue weighted by atomic mass is 16.6. The predicted molar refractivity (Wildman–Crippen MR) is 70.3 cm³/mol. The van der Waals surface area contributed by atoms with Crippen molar-refractivity contribution in [3.05, 3.63) is 33.5 Å². The number of nitro groups is 1. The summed E-state index contributed by atoms with van der Waals surface area (Å²) in [6, 6.07) is 0. The summed E-state index contributed by atoms with van der Waals surface area (Å²) >= 11 is 0. The predicted octanol–water partition coefficient (Wildman–Crippen LogP) is 1.27. The van der Waals surface area contributed by atoms with Crippen LogP contribution in [0.1, 0.15) is 30.1 Å². The van der Waals surface area contributed by atoms with E-state index in [0.29, 0.717) is 18.9 Å². The molecule has 0 saturated heterocycles. The molecule has 0 N–H and O–H groups in total. The molecule has 2 aromatic heterocycles. The lowest BCUT2D eigenvalue weighted by atomic mass is 10.0. The Labute approximate surface area is 115 Å². The summed E-state index contributed by atoms with van der Waals surface area (Å²) in [5, 5.41) is 19.3. The summed E-state index contributed by atoms with van der Waals surface area (Å²) in [5.74, 6) is 0.669. The number of hydrogen-bond donors (Lipinski definition) is 0. The van der Waals surface area contributed by atoms with Crippen molar-refractivity contribution in [1.82, 2.24) is 24.5 Å². The molecule has 0 aliphatic heterocycles. The van der Waals surface area contributed by atoms with E-state index in [0.717, 1.165) is 31.4 Å². The molecule has 0 unspecified atom stereocenters. The highest BCUT2D eigenvalue weighted by Gasteiger charge is 2.20. The van der Waals surface area contributed by atoms with Crippen molar-refractivity contribution in [2.45, 2.75) is 45.7 Å². The molecule has 8 nitrogen and oxygen atoms in total. The van der Waals surface area contributed by atoms with E-state index in [1.807, 2.05) is 4.68 Å². The van der Waals surface area contributed by atoms with Gasteiger partial charge in [-0.2, -0.15) is 0 Å². The molecule has 1 aliphatic rings. The van der Waals surface area contributed by atoms with E-state index >= 15 is 0 Å². The SMILES string of the molecule is Cc1ncc([N+](=O)[O-])n1CCn1nnc2c1CCCC2. The van der Waals surface area contributed by atoms with E-state index in [-0.39, 0.29) is 5.82 Å². The molecule has 0 saturated carbocycles. The zero-order valence-corrected chi connectivity index (χ0v) is 11.3. The van der Waals surface area contributed by atoms with Gasteiger partial charge in [0.05, 0.1) is 17.9 Å². The Balaban J connectivity index is 1.79. The highest BCUT2D eigenvalue weighted by molar-refractivity contribution is 5.19. The van der Waals surface area contributed by atoms with Gasteiger partial charge in [0.2, 0.25) is 0 Å². The number of imidazole rings is 1. The fourth-order valence-electron chi connectivity index (χ4n) is 2.67. The first-order valence-electron chi connectivity index (χ1n) is 6.74. The largest absolute Gasteiger partial charge is 0.358 e. The molecular weight excluding hydrogens is 260 g/mol. The maximum absolute atomic E-state index is 10.9. The summed E-state index contributed by atoms with van der Waals surface area (Å²) in [5.41, 5.74) is 2.25. The van der Waals surface area contributed by atoms with E-state index in [1.54, 1.807) is 11.5 Å². The number of hydrogen-bond acceptors (Lipinski definition) is 5. The Hall–Kier alpha value is -2.25. The van der Waals surface area contributed by atoms with Crippen molar-refractivity contribution in [1.29, 1.82) is 0 Å². The van der Waals surface area contributed by atoms with Crippen LogP contribution < -0.4 is 0 Å². The number of aryl methyl sites for hydroxylation is 3. The van der Waals surface area contributed by atoms with Crippen LogP contribution in [0.25, 0.3) is 0 Å². The summed E-state index contributed by atoms with van der Waals surface area (Å²) in [7, 11) is 0. The molecule has 2 heterocycles. The molecule has 0 amide bonds. The van der Waals surface area contributed by atoms with Gasteiger partial charge in [0.15, 0.2) is 5.82 Å². The second-order valence-corrected chi connectivity index (χ2v) is 4.99. The van der Waals surface area contributed by atoms with E-state index < -0.39 is 4.92 Å². The van der Waals surface area contributed by atoms with Crippen LogP contribution in [-0.2, 0) is 25.9 Å². The highest BCUT2D eigenvalue weighted by Crippen LogP contribution is 2.19. The average molecular weight is 276 g/mol. The zero-order valence-electron chi connectivity index (χ0n) is 11.3. The number of nitrogens with zero attached hydrogens (tertiary/aromatic N) is 6. The summed E-state index contributed by atoms with van der Waals surface area (Å²) in [6.45, 7) is 2.84. The second-order valence-electron chi connectivity index (χ2n) is 4.99. The van der Waals surface area contributed by atoms with Crippen molar-refractivity contribution >= 4 is 5.82 Å². The first kappa shape index (κ1) is 12.8. The van der Waals surface area contributed by atoms with Crippen LogP contribution in [0, 0.1) is 17.0 Å². The van der Waals surface area contributed by atoms with Gasteiger partial charge in [0.1, 0.15) is 12.7 Å². The fourth-order valence-corrected chi connectivity index (χ4v) is 2.67. The van der Waals surface area contributed by atoms with Gasteiger partial charge in [0, 0.05) is 6.92 Å². The third kappa shape index (κ3) is 2.17. The smallest absolute Gasteiger partial charge is 0.342 e. The van der Waals surface area contributed by atoms with Gasteiger partial charge in [-0.05, 0) is 30.6 Å². The van der Waals surface area contributed by atoms with Crippen LogP contribution >= 0.6 is 0 Å². The average Bonchev–Trinajstić information content (AvgIpc) is 3.00. The molecule has 0 bridgehead atoms. The van der Waals surface area contributed by atoms with Crippen LogP contribution in [0.4, 0.5) is 5.82 Å². The molecule has 0 atom stereocenters. The fraction of sp³-hybridized carbons (Fsp3) is 0.583. The summed E-state index contributed by atoms with van der Waals surface area (Å²) < 4.78 is 3.48. The van der Waals surface area contributed by atoms with Crippen molar-refractivity contribution in [2.24, 2.45) is 0 Å². The molecule has 20 heavy (non-hydrogen) atoms. The Kier molecular flexibility index (Phi) is 3.21. The van der Waals surface area contributed by atoms with Crippen LogP contribution in [-0.4, -0.2) is 29.5 Å². The third-order valence-corrected chi connectivity index (χ3v) is 3.75. The van der Waals surface area contributed by atoms with Gasteiger partial charge in [-0.1, -0.05) is 5.21 Å². The van der Waals surface area contributed by atoms with E-state index in [1.165, 1.54) is 11.9 Å². The van der Waals surface area contributed by atoms with Crippen molar-refractivity contribution in [3.63, 3.8) is 0 Å². The van der Waals surface area contributed by atoms with Gasteiger partial charge in [-0.3, -0.25) is 0 Å². The minimum Gasteiger partial charge on any atom is -0.358 e. The maximum atomic E-state index is 10.9. The van der Waals surface area contributed by atoms with Crippen molar-refractivity contribution < 1.29 is 4.92 Å². The number of fused-ring (bicyclic) bond motifs is 1. The molecule has 0 spiro atoms. The third-order valence-electron chi connectivity index (χ3n) is 3.75. The Morgan fingerprint density at radius 2 is 2.15 bits per heavy atom. The van der Waals surface area contributed by atoms with E-state index in [4.69, 9.17) is 0 Å². The normalized spacial score (nSPS) is 14.2. The van der Waals surface area contributed by atoms with Crippen molar-refractivity contribution in [3.8, 4) is 0 Å². The van der Waals surface area contributed by atoms with Crippen LogP contribution in [0.2, 0.25) is 0 Å². The zero-order chi connectivity index (χ0) is 14.1. The molecule has 0 aromatic carbocycles. The Bertz CT molecular complexity index is 644. The van der Waals surface area contributed by atoms with Crippen LogP contribution in [0.15, 0.2) is 6.20 Å². The Morgan fingerprint density at radius 1 is 1.35 bits per heavy atom. The lowest BCUT2D eigenvalue weighted by molar-refractivity contribution is -0.392. The lowest BCUT2D eigenvalue weighted by Crippen LogP contribution is -2.15. The first-order chi connectivity index (χ1) is 9.66. The standard InChI is InChI=1S/C12H16N6O2/c1-9-13-8-12(18(19)20)16(9)6-7-17-11-5-3-2-4-10(11)14-15-17/h8H,2-7H2,1H3. The number of aromatic nitrogens is 5. The monoisotopic (exact) mass is 276 g/mol. The van der Waals surface area contributed by atoms with Gasteiger partial charge in [-0.25, -0.2) is 14.2 Å². The van der Waals surface area contributed by atoms with Crippen molar-refractivity contribution in [2.75, 3.05) is 0 Å². The molecule has 106 valence electrons. The quantitative estimate of drug-likeness (QED) is 0.619. The molecule has 2 aromatic rings. The van der Waals surface area contributed by atoms with Crippen LogP contribution in [0.5, 0.6) is 0 Å². The van der Waals surface area contributed by atoms with E-state index in [2.05, 4.69) is 15.3 Å².